The van der Waals surface area contributed by atoms with Gasteiger partial charge in [0, 0.05) is 30.7 Å². The van der Waals surface area contributed by atoms with E-state index in [-0.39, 0.29) is 16.5 Å². The summed E-state index contributed by atoms with van der Waals surface area (Å²) in [6, 6.07) is 12.2. The molecule has 3 rings (SSSR count). The quantitative estimate of drug-likeness (QED) is 0.702. The van der Waals surface area contributed by atoms with Crippen LogP contribution in [0.25, 0.3) is 0 Å². The second-order valence-electron chi connectivity index (χ2n) is 7.27. The van der Waals surface area contributed by atoms with Crippen LogP contribution < -0.4 is 4.72 Å². The molecule has 1 N–H and O–H groups in total. The van der Waals surface area contributed by atoms with Crippen molar-refractivity contribution in [1.82, 2.24) is 9.62 Å². The van der Waals surface area contributed by atoms with Crippen LogP contribution in [0.1, 0.15) is 34.3 Å². The molecule has 0 bridgehead atoms. The number of carbonyl (C=O) groups excluding carboxylic acids is 1. The van der Waals surface area contributed by atoms with Gasteiger partial charge in [-0.25, -0.2) is 17.9 Å². The molecule has 0 aromatic heterocycles. The molecular formula is C21H25ClN2O4S. The number of piperidine rings is 1. The van der Waals surface area contributed by atoms with Gasteiger partial charge in [0.25, 0.3) is 0 Å². The fourth-order valence-electron chi connectivity index (χ4n) is 3.47. The molecule has 0 unspecified atom stereocenters. The molecule has 1 aliphatic heterocycles. The summed E-state index contributed by atoms with van der Waals surface area (Å²) in [7, 11) is -2.46. The lowest BCUT2D eigenvalue weighted by molar-refractivity contribution is 0.0600. The number of hydrogen-bond donors (Lipinski definition) is 1. The minimum Gasteiger partial charge on any atom is -0.465 e. The summed E-state index contributed by atoms with van der Waals surface area (Å²) in [5.41, 5.74) is 1.99. The first kappa shape index (κ1) is 21.8. The molecule has 2 aromatic rings. The molecule has 29 heavy (non-hydrogen) atoms. The van der Waals surface area contributed by atoms with Crippen LogP contribution in [-0.2, 0) is 21.3 Å². The Kier molecular flexibility index (Phi) is 6.95. The first-order valence-electron chi connectivity index (χ1n) is 9.46. The van der Waals surface area contributed by atoms with Crippen LogP contribution in [0.3, 0.4) is 0 Å². The third-order valence-electron chi connectivity index (χ3n) is 5.13. The van der Waals surface area contributed by atoms with Gasteiger partial charge in [-0.05, 0) is 55.2 Å². The van der Waals surface area contributed by atoms with E-state index < -0.39 is 16.0 Å². The second-order valence-corrected chi connectivity index (χ2v) is 9.39. The summed E-state index contributed by atoms with van der Waals surface area (Å²) >= 11 is 5.93. The maximum atomic E-state index is 12.9. The average Bonchev–Trinajstić information content (AvgIpc) is 2.70. The third kappa shape index (κ3) is 5.57. The van der Waals surface area contributed by atoms with Gasteiger partial charge in [0.05, 0.1) is 17.6 Å². The van der Waals surface area contributed by atoms with Crippen molar-refractivity contribution in [2.45, 2.75) is 37.2 Å². The van der Waals surface area contributed by atoms with Gasteiger partial charge in [-0.15, -0.1) is 0 Å². The van der Waals surface area contributed by atoms with Crippen LogP contribution in [0.15, 0.2) is 47.4 Å². The van der Waals surface area contributed by atoms with E-state index >= 15 is 0 Å². The first-order valence-corrected chi connectivity index (χ1v) is 11.3. The van der Waals surface area contributed by atoms with Gasteiger partial charge in [0.2, 0.25) is 10.0 Å². The first-order chi connectivity index (χ1) is 13.8. The van der Waals surface area contributed by atoms with Gasteiger partial charge < -0.3 is 4.74 Å². The highest BCUT2D eigenvalue weighted by Crippen LogP contribution is 2.21. The van der Waals surface area contributed by atoms with Crippen molar-refractivity contribution >= 4 is 27.6 Å². The van der Waals surface area contributed by atoms with Crippen LogP contribution in [0, 0.1) is 6.92 Å². The zero-order chi connectivity index (χ0) is 21.0. The van der Waals surface area contributed by atoms with Crippen LogP contribution in [-0.4, -0.2) is 45.5 Å². The Morgan fingerprint density at radius 1 is 1.17 bits per heavy atom. The Balaban J connectivity index is 1.62. The summed E-state index contributed by atoms with van der Waals surface area (Å²) in [5, 5.41) is 0.716. The smallest absolute Gasteiger partial charge is 0.337 e. The Morgan fingerprint density at radius 3 is 2.45 bits per heavy atom. The van der Waals surface area contributed by atoms with Gasteiger partial charge in [-0.1, -0.05) is 29.8 Å². The predicted octanol–water partition coefficient (Wildman–Crippen LogP) is 3.38. The number of hydrogen-bond acceptors (Lipinski definition) is 5. The topological polar surface area (TPSA) is 75.7 Å². The van der Waals surface area contributed by atoms with E-state index in [1.807, 2.05) is 24.3 Å². The molecule has 0 amide bonds. The minimum absolute atomic E-state index is 0.115. The number of nitrogens with one attached hydrogen (secondary N) is 1. The predicted molar refractivity (Wildman–Crippen MR) is 113 cm³/mol. The lowest BCUT2D eigenvalue weighted by Gasteiger charge is -2.32. The average molecular weight is 437 g/mol. The van der Waals surface area contributed by atoms with E-state index in [2.05, 4.69) is 9.62 Å². The molecule has 0 saturated carbocycles. The number of carbonyl (C=O) groups is 1. The van der Waals surface area contributed by atoms with E-state index in [9.17, 15) is 13.2 Å². The van der Waals surface area contributed by atoms with E-state index in [4.69, 9.17) is 16.3 Å². The van der Waals surface area contributed by atoms with Crippen LogP contribution in [0.2, 0.25) is 5.02 Å². The SMILES string of the molecule is COC(=O)c1ccc(C)c(S(=O)(=O)NC2CCN(Cc3ccc(Cl)cc3)CC2)c1. The van der Waals surface area contributed by atoms with Crippen LogP contribution in [0.4, 0.5) is 0 Å². The summed E-state index contributed by atoms with van der Waals surface area (Å²) in [6.07, 6.45) is 1.45. The molecule has 0 aliphatic carbocycles. The van der Waals surface area contributed by atoms with Gasteiger partial charge in [0.1, 0.15) is 0 Å². The molecule has 2 aromatic carbocycles. The van der Waals surface area contributed by atoms with Gasteiger partial charge in [-0.2, -0.15) is 0 Å². The number of esters is 1. The monoisotopic (exact) mass is 436 g/mol. The Bertz CT molecular complexity index is 969. The molecule has 0 spiro atoms. The highest BCUT2D eigenvalue weighted by Gasteiger charge is 2.26. The number of nitrogens with zero attached hydrogens (tertiary/aromatic N) is 1. The van der Waals surface area contributed by atoms with E-state index in [0.717, 1.165) is 32.5 Å². The molecule has 0 atom stereocenters. The second kappa shape index (κ2) is 9.26. The van der Waals surface area contributed by atoms with Crippen molar-refractivity contribution in [2.24, 2.45) is 0 Å². The maximum absolute atomic E-state index is 12.9. The van der Waals surface area contributed by atoms with Crippen molar-refractivity contribution in [2.75, 3.05) is 20.2 Å². The number of halogens is 1. The Hall–Kier alpha value is -1.93. The largest absolute Gasteiger partial charge is 0.465 e. The number of methoxy groups -OCH3 is 1. The van der Waals surface area contributed by atoms with Crippen molar-refractivity contribution in [1.29, 1.82) is 0 Å². The lowest BCUT2D eigenvalue weighted by atomic mass is 10.1. The molecule has 1 heterocycles. The normalized spacial score (nSPS) is 16.0. The third-order valence-corrected chi connectivity index (χ3v) is 7.04. The number of ether oxygens (including phenoxy) is 1. The molecule has 1 fully saturated rings. The molecule has 1 aliphatic rings. The number of sulfonamides is 1. The zero-order valence-corrected chi connectivity index (χ0v) is 18.1. The van der Waals surface area contributed by atoms with Crippen LogP contribution >= 0.6 is 11.6 Å². The number of likely N-dealkylation sites (tertiary alicyclic amines) is 1. The van der Waals surface area contributed by atoms with Crippen molar-refractivity contribution in [3.05, 3.63) is 64.2 Å². The van der Waals surface area contributed by atoms with E-state index in [1.165, 1.54) is 18.7 Å². The van der Waals surface area contributed by atoms with Gasteiger partial charge >= 0.3 is 5.97 Å². The van der Waals surface area contributed by atoms with Gasteiger partial charge in [0.15, 0.2) is 0 Å². The summed E-state index contributed by atoms with van der Waals surface area (Å²) < 4.78 is 33.3. The van der Waals surface area contributed by atoms with E-state index in [1.54, 1.807) is 19.1 Å². The molecule has 1 saturated heterocycles. The summed E-state index contributed by atoms with van der Waals surface area (Å²) in [5.74, 6) is -0.558. The highest BCUT2D eigenvalue weighted by atomic mass is 35.5. The molecule has 156 valence electrons. The number of rotatable bonds is 6. The standard InChI is InChI=1S/C21H25ClN2O4S/c1-15-3-6-17(21(25)28-2)13-20(15)29(26,27)23-19-9-11-24(12-10-19)14-16-4-7-18(22)8-5-16/h3-8,13,19,23H,9-12,14H2,1-2H3. The lowest BCUT2D eigenvalue weighted by Crippen LogP contribution is -2.44. The van der Waals surface area contributed by atoms with Crippen molar-refractivity contribution in [3.63, 3.8) is 0 Å². The fraction of sp³-hybridized carbons (Fsp3) is 0.381. The van der Waals surface area contributed by atoms with E-state index in [0.29, 0.717) is 10.6 Å². The molecule has 8 heteroatoms. The maximum Gasteiger partial charge on any atom is 0.337 e. The molecule has 0 radical (unpaired) electrons. The summed E-state index contributed by atoms with van der Waals surface area (Å²) in [4.78, 5) is 14.2. The van der Waals surface area contributed by atoms with Gasteiger partial charge in [-0.3, -0.25) is 4.90 Å². The van der Waals surface area contributed by atoms with Crippen molar-refractivity contribution in [3.8, 4) is 0 Å². The van der Waals surface area contributed by atoms with Crippen molar-refractivity contribution < 1.29 is 17.9 Å². The minimum atomic E-state index is -3.73. The molecule has 6 nitrogen and oxygen atoms in total. The Morgan fingerprint density at radius 2 is 1.83 bits per heavy atom. The fourth-order valence-corrected chi connectivity index (χ4v) is 5.18. The summed E-state index contributed by atoms with van der Waals surface area (Å²) in [6.45, 7) is 4.13. The highest BCUT2D eigenvalue weighted by molar-refractivity contribution is 7.89. The number of benzene rings is 2. The van der Waals surface area contributed by atoms with Crippen LogP contribution in [0.5, 0.6) is 0 Å². The number of aryl methyl sites for hydroxylation is 1. The molecular weight excluding hydrogens is 412 g/mol. The Labute approximate surface area is 176 Å². The zero-order valence-electron chi connectivity index (χ0n) is 16.5.